The predicted molar refractivity (Wildman–Crippen MR) is 65.6 cm³/mol. The Morgan fingerprint density at radius 3 is 3.12 bits per heavy atom. The third-order valence-corrected chi connectivity index (χ3v) is 2.61. The largest absolute Gasteiger partial charge is 0.459 e. The van der Waals surface area contributed by atoms with Crippen LogP contribution in [0.25, 0.3) is 0 Å². The second-order valence-electron chi connectivity index (χ2n) is 3.51. The first kappa shape index (κ1) is 11.9. The standard InChI is InChI=1S/C11H12BrN3O2/c12-9-7-14-15(8-9)5-2-4-13-11(16)10-3-1-6-17-10/h1,3,6-8H,2,4-5H2,(H,13,16). The van der Waals surface area contributed by atoms with Gasteiger partial charge in [-0.3, -0.25) is 9.48 Å². The Kier molecular flexibility index (Phi) is 3.98. The Morgan fingerprint density at radius 2 is 2.47 bits per heavy atom. The van der Waals surface area contributed by atoms with Gasteiger partial charge in [0.1, 0.15) is 0 Å². The molecule has 2 heterocycles. The summed E-state index contributed by atoms with van der Waals surface area (Å²) in [5.74, 6) is 0.156. The van der Waals surface area contributed by atoms with E-state index in [0.29, 0.717) is 12.3 Å². The number of aromatic nitrogens is 2. The van der Waals surface area contributed by atoms with E-state index in [1.807, 2.05) is 10.9 Å². The van der Waals surface area contributed by atoms with Crippen LogP contribution in [0.1, 0.15) is 17.0 Å². The first-order chi connectivity index (χ1) is 8.25. The Bertz CT molecular complexity index is 479. The molecule has 1 N–H and O–H groups in total. The van der Waals surface area contributed by atoms with Gasteiger partial charge in [0.25, 0.3) is 5.91 Å². The van der Waals surface area contributed by atoms with Gasteiger partial charge in [0.05, 0.1) is 16.9 Å². The minimum Gasteiger partial charge on any atom is -0.459 e. The number of rotatable bonds is 5. The van der Waals surface area contributed by atoms with E-state index in [-0.39, 0.29) is 5.91 Å². The van der Waals surface area contributed by atoms with Gasteiger partial charge in [-0.05, 0) is 34.5 Å². The molecule has 6 heteroatoms. The molecular weight excluding hydrogens is 286 g/mol. The Hall–Kier alpha value is -1.56. The van der Waals surface area contributed by atoms with Crippen LogP contribution in [0.4, 0.5) is 0 Å². The number of halogens is 1. The van der Waals surface area contributed by atoms with E-state index in [9.17, 15) is 4.79 Å². The average Bonchev–Trinajstić information content (AvgIpc) is 2.95. The van der Waals surface area contributed by atoms with Crippen LogP contribution in [0.15, 0.2) is 39.7 Å². The van der Waals surface area contributed by atoms with E-state index in [0.717, 1.165) is 17.4 Å². The maximum absolute atomic E-state index is 11.5. The van der Waals surface area contributed by atoms with Gasteiger partial charge in [0.2, 0.25) is 0 Å². The molecule has 0 atom stereocenters. The van der Waals surface area contributed by atoms with Gasteiger partial charge < -0.3 is 9.73 Å². The van der Waals surface area contributed by atoms with Crippen molar-refractivity contribution in [3.63, 3.8) is 0 Å². The normalized spacial score (nSPS) is 10.4. The van der Waals surface area contributed by atoms with E-state index in [1.54, 1.807) is 18.3 Å². The number of amides is 1. The summed E-state index contributed by atoms with van der Waals surface area (Å²) in [5.41, 5.74) is 0. The molecule has 2 aromatic rings. The molecule has 0 aliphatic rings. The molecule has 0 aliphatic carbocycles. The molecule has 17 heavy (non-hydrogen) atoms. The summed E-state index contributed by atoms with van der Waals surface area (Å²) in [6.07, 6.45) is 5.94. The summed E-state index contributed by atoms with van der Waals surface area (Å²) in [4.78, 5) is 11.5. The van der Waals surface area contributed by atoms with Crippen molar-refractivity contribution >= 4 is 21.8 Å². The monoisotopic (exact) mass is 297 g/mol. The second-order valence-corrected chi connectivity index (χ2v) is 4.42. The number of aryl methyl sites for hydroxylation is 1. The quantitative estimate of drug-likeness (QED) is 0.860. The lowest BCUT2D eigenvalue weighted by Gasteiger charge is -2.03. The van der Waals surface area contributed by atoms with Crippen LogP contribution >= 0.6 is 15.9 Å². The van der Waals surface area contributed by atoms with E-state index >= 15 is 0 Å². The minimum absolute atomic E-state index is 0.184. The molecule has 0 radical (unpaired) electrons. The van der Waals surface area contributed by atoms with Crippen molar-refractivity contribution in [2.24, 2.45) is 0 Å². The number of furan rings is 1. The van der Waals surface area contributed by atoms with Crippen LogP contribution in [-0.4, -0.2) is 22.2 Å². The first-order valence-corrected chi connectivity index (χ1v) is 6.04. The summed E-state index contributed by atoms with van der Waals surface area (Å²) in [6.45, 7) is 1.36. The summed E-state index contributed by atoms with van der Waals surface area (Å²) in [6, 6.07) is 3.33. The highest BCUT2D eigenvalue weighted by Gasteiger charge is 2.06. The number of hydrogen-bond donors (Lipinski definition) is 1. The van der Waals surface area contributed by atoms with Crippen molar-refractivity contribution in [1.82, 2.24) is 15.1 Å². The lowest BCUT2D eigenvalue weighted by Crippen LogP contribution is -2.24. The molecule has 0 bridgehead atoms. The first-order valence-electron chi connectivity index (χ1n) is 5.25. The molecule has 90 valence electrons. The Balaban J connectivity index is 1.68. The van der Waals surface area contributed by atoms with Crippen molar-refractivity contribution in [3.8, 4) is 0 Å². The van der Waals surface area contributed by atoms with Crippen molar-refractivity contribution in [1.29, 1.82) is 0 Å². The van der Waals surface area contributed by atoms with Gasteiger partial charge in [-0.25, -0.2) is 0 Å². The fraction of sp³-hybridized carbons (Fsp3) is 0.273. The van der Waals surface area contributed by atoms with Crippen molar-refractivity contribution in [3.05, 3.63) is 41.0 Å². The molecule has 5 nitrogen and oxygen atoms in total. The van der Waals surface area contributed by atoms with E-state index in [2.05, 4.69) is 26.3 Å². The van der Waals surface area contributed by atoms with Crippen LogP contribution < -0.4 is 5.32 Å². The van der Waals surface area contributed by atoms with E-state index < -0.39 is 0 Å². The summed E-state index contributed by atoms with van der Waals surface area (Å²) in [5, 5.41) is 6.90. The zero-order chi connectivity index (χ0) is 12.1. The highest BCUT2D eigenvalue weighted by Crippen LogP contribution is 2.06. The predicted octanol–water partition coefficient (Wildman–Crippen LogP) is 2.06. The molecule has 0 aliphatic heterocycles. The summed E-state index contributed by atoms with van der Waals surface area (Å²) >= 11 is 3.33. The maximum atomic E-state index is 11.5. The molecular formula is C11H12BrN3O2. The highest BCUT2D eigenvalue weighted by molar-refractivity contribution is 9.10. The fourth-order valence-electron chi connectivity index (χ4n) is 1.40. The van der Waals surface area contributed by atoms with Crippen molar-refractivity contribution in [2.45, 2.75) is 13.0 Å². The Morgan fingerprint density at radius 1 is 1.59 bits per heavy atom. The topological polar surface area (TPSA) is 60.1 Å². The third kappa shape index (κ3) is 3.45. The minimum atomic E-state index is -0.184. The van der Waals surface area contributed by atoms with Crippen LogP contribution in [-0.2, 0) is 6.54 Å². The number of nitrogens with one attached hydrogen (secondary N) is 1. The fourth-order valence-corrected chi connectivity index (χ4v) is 1.73. The second kappa shape index (κ2) is 5.67. The van der Waals surface area contributed by atoms with Gasteiger partial charge in [0.15, 0.2) is 5.76 Å². The Labute approximate surface area is 107 Å². The number of nitrogens with zero attached hydrogens (tertiary/aromatic N) is 2. The van der Waals surface area contributed by atoms with Gasteiger partial charge >= 0.3 is 0 Å². The van der Waals surface area contributed by atoms with Crippen molar-refractivity contribution in [2.75, 3.05) is 6.54 Å². The third-order valence-electron chi connectivity index (χ3n) is 2.20. The summed E-state index contributed by atoms with van der Waals surface area (Å²) < 4.78 is 7.76. The van der Waals surface area contributed by atoms with Gasteiger partial charge in [-0.15, -0.1) is 0 Å². The molecule has 1 amide bonds. The van der Waals surface area contributed by atoms with E-state index in [1.165, 1.54) is 6.26 Å². The van der Waals surface area contributed by atoms with Crippen LogP contribution in [0, 0.1) is 0 Å². The molecule has 0 saturated carbocycles. The highest BCUT2D eigenvalue weighted by atomic mass is 79.9. The number of carbonyl (C=O) groups excluding carboxylic acids is 1. The van der Waals surface area contributed by atoms with Crippen LogP contribution in [0.2, 0.25) is 0 Å². The van der Waals surface area contributed by atoms with Gasteiger partial charge in [-0.2, -0.15) is 5.10 Å². The average molecular weight is 298 g/mol. The zero-order valence-electron chi connectivity index (χ0n) is 9.10. The molecule has 0 saturated heterocycles. The smallest absolute Gasteiger partial charge is 0.286 e. The van der Waals surface area contributed by atoms with Gasteiger partial charge in [0, 0.05) is 19.3 Å². The SMILES string of the molecule is O=C(NCCCn1cc(Br)cn1)c1ccco1. The molecule has 2 rings (SSSR count). The summed E-state index contributed by atoms with van der Waals surface area (Å²) in [7, 11) is 0. The lowest BCUT2D eigenvalue weighted by atomic mass is 10.4. The van der Waals surface area contributed by atoms with Crippen LogP contribution in [0.5, 0.6) is 0 Å². The number of hydrogen-bond acceptors (Lipinski definition) is 3. The van der Waals surface area contributed by atoms with Crippen LogP contribution in [0.3, 0.4) is 0 Å². The molecule has 2 aromatic heterocycles. The molecule has 0 fully saturated rings. The number of carbonyl (C=O) groups is 1. The molecule has 0 aromatic carbocycles. The van der Waals surface area contributed by atoms with Gasteiger partial charge in [-0.1, -0.05) is 0 Å². The van der Waals surface area contributed by atoms with E-state index in [4.69, 9.17) is 4.42 Å². The molecule has 0 spiro atoms. The van der Waals surface area contributed by atoms with Crippen molar-refractivity contribution < 1.29 is 9.21 Å². The molecule has 0 unspecified atom stereocenters. The maximum Gasteiger partial charge on any atom is 0.286 e. The zero-order valence-corrected chi connectivity index (χ0v) is 10.7. The lowest BCUT2D eigenvalue weighted by molar-refractivity contribution is 0.0925.